The van der Waals surface area contributed by atoms with Crippen LogP contribution < -0.4 is 32.2 Å². The molecule has 1 saturated carbocycles. The van der Waals surface area contributed by atoms with Gasteiger partial charge in [0.05, 0.1) is 6.04 Å². The van der Waals surface area contributed by atoms with E-state index in [0.29, 0.717) is 49.4 Å². The molecule has 4 rings (SSSR count). The summed E-state index contributed by atoms with van der Waals surface area (Å²) in [6.45, 7) is 2.74. The van der Waals surface area contributed by atoms with Gasteiger partial charge in [-0.2, -0.15) is 0 Å². The lowest BCUT2D eigenvalue weighted by Gasteiger charge is -2.30. The lowest BCUT2D eigenvalue weighted by atomic mass is 10.0. The molecule has 3 amide bonds. The number of nitrogens with zero attached hydrogens (tertiary/aromatic N) is 1. The van der Waals surface area contributed by atoms with Crippen molar-refractivity contribution in [2.75, 3.05) is 26.7 Å². The van der Waals surface area contributed by atoms with Gasteiger partial charge in [-0.1, -0.05) is 36.4 Å². The quantitative estimate of drug-likeness (QED) is 0.196. The highest BCUT2D eigenvalue weighted by Crippen LogP contribution is 2.33. The molecule has 0 spiro atoms. The molecule has 230 valence electrons. The van der Waals surface area contributed by atoms with E-state index in [9.17, 15) is 14.4 Å². The average Bonchev–Trinajstić information content (AvgIpc) is 3.83. The number of aryl methyl sites for hydroxylation is 1. The van der Waals surface area contributed by atoms with Crippen LogP contribution >= 0.6 is 0 Å². The molecule has 2 aromatic rings. The van der Waals surface area contributed by atoms with Gasteiger partial charge in [-0.25, -0.2) is 0 Å². The Morgan fingerprint density at radius 2 is 1.65 bits per heavy atom. The van der Waals surface area contributed by atoms with E-state index in [0.717, 1.165) is 24.0 Å². The maximum Gasteiger partial charge on any atom is 0.243 e. The second kappa shape index (κ2) is 14.1. The molecule has 2 aromatic carbocycles. The Kier molecular flexibility index (Phi) is 10.4. The second-order valence-corrected chi connectivity index (χ2v) is 11.2. The largest absolute Gasteiger partial charge is 0.492 e. The summed E-state index contributed by atoms with van der Waals surface area (Å²) in [5.41, 5.74) is 14.1. The molecule has 1 heterocycles. The minimum absolute atomic E-state index is 0.0566. The molecule has 1 aliphatic heterocycles. The number of amidine groups is 2. The predicted octanol–water partition coefficient (Wildman–Crippen LogP) is 0.639. The second-order valence-electron chi connectivity index (χ2n) is 11.2. The first-order chi connectivity index (χ1) is 20.5. The van der Waals surface area contributed by atoms with E-state index in [-0.39, 0.29) is 35.8 Å². The van der Waals surface area contributed by atoms with Crippen LogP contribution in [0.3, 0.4) is 0 Å². The number of fused-ring (bicyclic) bond motifs is 1. The summed E-state index contributed by atoms with van der Waals surface area (Å²) in [6, 6.07) is 10.2. The zero-order chi connectivity index (χ0) is 31.1. The van der Waals surface area contributed by atoms with E-state index in [2.05, 4.69) is 16.0 Å². The van der Waals surface area contributed by atoms with Gasteiger partial charge in [0.1, 0.15) is 36.1 Å². The average molecular weight is 591 g/mol. The Labute approximate surface area is 251 Å². The molecule has 0 aromatic heterocycles. The Bertz CT molecular complexity index is 1360. The molecule has 0 saturated heterocycles. The fraction of sp³-hybridized carbons (Fsp3) is 0.452. The zero-order valence-electron chi connectivity index (χ0n) is 24.7. The number of amides is 3. The van der Waals surface area contributed by atoms with E-state index in [4.69, 9.17) is 27.0 Å². The van der Waals surface area contributed by atoms with Gasteiger partial charge in [0, 0.05) is 37.7 Å². The minimum Gasteiger partial charge on any atom is -0.492 e. The van der Waals surface area contributed by atoms with Gasteiger partial charge in [-0.05, 0) is 55.7 Å². The lowest BCUT2D eigenvalue weighted by Crippen LogP contribution is -2.56. The number of likely N-dealkylation sites (N-methyl/N-ethyl adjacent to an activating group) is 1. The van der Waals surface area contributed by atoms with Gasteiger partial charge in [0.15, 0.2) is 0 Å². The summed E-state index contributed by atoms with van der Waals surface area (Å²) in [7, 11) is 1.60. The van der Waals surface area contributed by atoms with Gasteiger partial charge in [0.2, 0.25) is 17.7 Å². The summed E-state index contributed by atoms with van der Waals surface area (Å²) < 4.78 is 6.09. The smallest absolute Gasteiger partial charge is 0.243 e. The number of ether oxygens (including phenoxy) is 1. The molecule has 2 aliphatic rings. The maximum atomic E-state index is 13.5. The number of carbonyl (C=O) groups is 3. The lowest BCUT2D eigenvalue weighted by molar-refractivity contribution is -0.141. The van der Waals surface area contributed by atoms with E-state index >= 15 is 0 Å². The fourth-order valence-corrected chi connectivity index (χ4v) is 5.08. The Morgan fingerprint density at radius 1 is 0.977 bits per heavy atom. The number of hydrogen-bond donors (Lipinski definition) is 7. The van der Waals surface area contributed by atoms with Gasteiger partial charge in [-0.15, -0.1) is 0 Å². The highest BCUT2D eigenvalue weighted by Gasteiger charge is 2.39. The maximum absolute atomic E-state index is 13.5. The van der Waals surface area contributed by atoms with Gasteiger partial charge in [-0.3, -0.25) is 25.2 Å². The molecular weight excluding hydrogens is 548 g/mol. The van der Waals surface area contributed by atoms with Crippen molar-refractivity contribution < 1.29 is 19.1 Å². The third-order valence-corrected chi connectivity index (χ3v) is 8.03. The number of nitrogens with one attached hydrogen (secondary N) is 5. The molecule has 0 radical (unpaired) electrons. The Morgan fingerprint density at radius 3 is 2.30 bits per heavy atom. The van der Waals surface area contributed by atoms with E-state index in [1.165, 1.54) is 4.90 Å². The fourth-order valence-electron chi connectivity index (χ4n) is 5.08. The molecule has 0 unspecified atom stereocenters. The molecular formula is C31H42N8O4. The van der Waals surface area contributed by atoms with Crippen LogP contribution in [0.1, 0.15) is 48.4 Å². The Hall–Kier alpha value is -4.45. The van der Waals surface area contributed by atoms with Gasteiger partial charge in [0.25, 0.3) is 0 Å². The van der Waals surface area contributed by atoms with Crippen LogP contribution in [0.15, 0.2) is 42.5 Å². The molecule has 1 aliphatic carbocycles. The summed E-state index contributed by atoms with van der Waals surface area (Å²) in [5.74, 6) is -0.273. The first-order valence-corrected chi connectivity index (χ1v) is 14.7. The van der Waals surface area contributed by atoms with Crippen molar-refractivity contribution in [1.82, 2.24) is 20.9 Å². The number of hydrogen-bond acceptors (Lipinski definition) is 7. The number of rotatable bonds is 5. The minimum atomic E-state index is -0.883. The van der Waals surface area contributed by atoms with Crippen LogP contribution in [0, 0.1) is 16.7 Å². The summed E-state index contributed by atoms with van der Waals surface area (Å²) in [5, 5.41) is 24.6. The van der Waals surface area contributed by atoms with Crippen LogP contribution in [0.2, 0.25) is 0 Å². The molecule has 3 atom stereocenters. The van der Waals surface area contributed by atoms with E-state index in [1.54, 1.807) is 50.4 Å². The van der Waals surface area contributed by atoms with Crippen molar-refractivity contribution in [2.24, 2.45) is 17.4 Å². The zero-order valence-corrected chi connectivity index (χ0v) is 24.7. The third kappa shape index (κ3) is 8.31. The molecule has 1 fully saturated rings. The van der Waals surface area contributed by atoms with Crippen molar-refractivity contribution in [3.05, 3.63) is 64.7 Å². The van der Waals surface area contributed by atoms with E-state index < -0.39 is 24.0 Å². The number of carbonyl (C=O) groups excluding carboxylic acids is 3. The molecule has 9 N–H and O–H groups in total. The van der Waals surface area contributed by atoms with Crippen LogP contribution in [0.4, 0.5) is 0 Å². The van der Waals surface area contributed by atoms with Crippen LogP contribution in [0.5, 0.6) is 5.75 Å². The van der Waals surface area contributed by atoms with Crippen LogP contribution in [0.25, 0.3) is 0 Å². The van der Waals surface area contributed by atoms with Gasteiger partial charge < -0.3 is 37.1 Å². The van der Waals surface area contributed by atoms with Crippen molar-refractivity contribution in [2.45, 2.75) is 57.2 Å². The standard InChI is InChI=1S/C31H42N8O4/c1-18-29(40)38-24(16-19-5-7-22(8-6-19)27(32)33)30(41)37-13-3-4-20-9-12-23(28(34)35)17-25(20)43-15-14-36-26(21-10-11-21)31(42)39(18)2/h5-9,12,17-18,21,24,26,36H,3-4,10-11,13-16H2,1-2H3,(H3,32,33)(H3,34,35)(H,37,41)(H,38,40)/t18-,24-,26+/m1/s1. The Balaban J connectivity index is 1.57. The van der Waals surface area contributed by atoms with Gasteiger partial charge >= 0.3 is 0 Å². The summed E-state index contributed by atoms with van der Waals surface area (Å²) in [4.78, 5) is 41.7. The molecule has 12 nitrogen and oxygen atoms in total. The monoisotopic (exact) mass is 590 g/mol. The highest BCUT2D eigenvalue weighted by molar-refractivity contribution is 5.96. The van der Waals surface area contributed by atoms with Crippen molar-refractivity contribution in [1.29, 1.82) is 10.8 Å². The van der Waals surface area contributed by atoms with Crippen LogP contribution in [-0.4, -0.2) is 79.2 Å². The SMILES string of the molecule is C[C@@H]1C(=O)N[C@H](Cc2ccc(C(=N)N)cc2)C(=O)NCCCc2ccc(C(=N)N)cc2OCCN[C@@H](C2CC2)C(=O)N1C. The molecule has 0 bridgehead atoms. The van der Waals surface area contributed by atoms with Crippen molar-refractivity contribution >= 4 is 29.4 Å². The highest BCUT2D eigenvalue weighted by atomic mass is 16.5. The topological polar surface area (TPSA) is 200 Å². The first-order valence-electron chi connectivity index (χ1n) is 14.7. The first kappa shape index (κ1) is 31.5. The van der Waals surface area contributed by atoms with Crippen LogP contribution in [-0.2, 0) is 27.2 Å². The third-order valence-electron chi connectivity index (χ3n) is 8.03. The number of nitrogen functional groups attached to an aromatic ring is 2. The van der Waals surface area contributed by atoms with E-state index in [1.807, 2.05) is 6.07 Å². The number of nitrogens with two attached hydrogens (primary N) is 2. The summed E-state index contributed by atoms with van der Waals surface area (Å²) >= 11 is 0. The van der Waals surface area contributed by atoms with Crippen molar-refractivity contribution in [3.8, 4) is 5.75 Å². The molecule has 43 heavy (non-hydrogen) atoms. The normalized spacial score (nSPS) is 22.7. The summed E-state index contributed by atoms with van der Waals surface area (Å²) in [6.07, 6.45) is 3.29. The van der Waals surface area contributed by atoms with Crippen molar-refractivity contribution in [3.63, 3.8) is 0 Å². The number of benzene rings is 2. The molecule has 12 heteroatoms. The predicted molar refractivity (Wildman–Crippen MR) is 164 cm³/mol.